The molecule has 14 nitrogen and oxygen atoms in total. The smallest absolute Gasteiger partial charge is 0.319 e. The predicted molar refractivity (Wildman–Crippen MR) is 195 cm³/mol. The van der Waals surface area contributed by atoms with Crippen molar-refractivity contribution < 1.29 is 36.7 Å². The van der Waals surface area contributed by atoms with E-state index in [1.54, 1.807) is 24.9 Å². The van der Waals surface area contributed by atoms with Gasteiger partial charge in [-0.1, -0.05) is 26.0 Å². The molecular formula is C36H44FN7O7S2. The SMILES string of the molecule is COc1ccc2c(O[C@H]3C[C@H]4C(=O)N(C)CCCC/C=C\[C@@H]5C[C@@]5(C(=O)NS(=O)(=O)C5(C)CC5)NC(=O)N4C3)nc(-c3nc(C(C)C)cs3)nc2c1F. The van der Waals surface area contributed by atoms with Crippen LogP contribution in [-0.2, 0) is 19.6 Å². The number of hydrogen-bond acceptors (Lipinski definition) is 11. The summed E-state index contributed by atoms with van der Waals surface area (Å²) in [5.74, 6) is -1.90. The van der Waals surface area contributed by atoms with Crippen LogP contribution in [0.3, 0.4) is 0 Å². The molecule has 0 bridgehead atoms. The summed E-state index contributed by atoms with van der Waals surface area (Å²) in [5, 5.41) is 5.47. The molecule has 1 saturated heterocycles. The van der Waals surface area contributed by atoms with Gasteiger partial charge in [-0.3, -0.25) is 14.3 Å². The fraction of sp³-hybridized carbons (Fsp3) is 0.556. The van der Waals surface area contributed by atoms with Gasteiger partial charge in [0.1, 0.15) is 23.2 Å². The highest BCUT2D eigenvalue weighted by Gasteiger charge is 2.63. The van der Waals surface area contributed by atoms with Gasteiger partial charge in [-0.15, -0.1) is 11.3 Å². The monoisotopic (exact) mass is 769 g/mol. The number of hydrogen-bond donors (Lipinski definition) is 2. The highest BCUT2D eigenvalue weighted by Crippen LogP contribution is 2.47. The number of carbonyl (C=O) groups excluding carboxylic acids is 3. The van der Waals surface area contributed by atoms with Gasteiger partial charge in [-0.2, -0.15) is 4.98 Å². The quantitative estimate of drug-likeness (QED) is 0.311. The number of likely N-dealkylation sites (N-methyl/N-ethyl adjacent to an activating group) is 1. The minimum atomic E-state index is -3.97. The number of halogens is 1. The van der Waals surface area contributed by atoms with Crippen molar-refractivity contribution >= 4 is 50.1 Å². The fourth-order valence-electron chi connectivity index (χ4n) is 6.87. The van der Waals surface area contributed by atoms with Gasteiger partial charge in [0.15, 0.2) is 22.4 Å². The van der Waals surface area contributed by atoms with Crippen molar-refractivity contribution in [1.82, 2.24) is 34.8 Å². The minimum absolute atomic E-state index is 0.0123. The van der Waals surface area contributed by atoms with Crippen LogP contribution >= 0.6 is 11.3 Å². The number of fused-ring (bicyclic) bond motifs is 3. The first-order valence-corrected chi connectivity index (χ1v) is 20.3. The summed E-state index contributed by atoms with van der Waals surface area (Å²) in [5.41, 5.74) is -0.711. The largest absolute Gasteiger partial charge is 0.494 e. The molecule has 4 aliphatic rings. The molecule has 2 saturated carbocycles. The number of sulfonamides is 1. The van der Waals surface area contributed by atoms with E-state index in [1.165, 1.54) is 29.4 Å². The molecule has 53 heavy (non-hydrogen) atoms. The average molecular weight is 770 g/mol. The van der Waals surface area contributed by atoms with E-state index in [2.05, 4.69) is 25.0 Å². The molecular weight excluding hydrogens is 726 g/mol. The maximum atomic E-state index is 15.7. The van der Waals surface area contributed by atoms with E-state index in [0.717, 1.165) is 18.5 Å². The van der Waals surface area contributed by atoms with E-state index < -0.39 is 56.1 Å². The van der Waals surface area contributed by atoms with Gasteiger partial charge in [0.05, 0.1) is 29.5 Å². The van der Waals surface area contributed by atoms with Crippen LogP contribution in [-0.4, -0.2) is 101 Å². The van der Waals surface area contributed by atoms with Crippen molar-refractivity contribution in [2.24, 2.45) is 5.92 Å². The van der Waals surface area contributed by atoms with Crippen molar-refractivity contribution in [2.75, 3.05) is 27.2 Å². The second-order valence-corrected chi connectivity index (χ2v) is 18.0. The first-order chi connectivity index (χ1) is 25.2. The number of aromatic nitrogens is 3. The second kappa shape index (κ2) is 13.8. The Morgan fingerprint density at radius 1 is 1.17 bits per heavy atom. The van der Waals surface area contributed by atoms with Crippen LogP contribution in [0.1, 0.15) is 77.3 Å². The van der Waals surface area contributed by atoms with Crippen LogP contribution in [0.2, 0.25) is 0 Å². The highest BCUT2D eigenvalue weighted by atomic mass is 32.2. The maximum absolute atomic E-state index is 15.7. The first kappa shape index (κ1) is 37.0. The zero-order valence-electron chi connectivity index (χ0n) is 30.3. The molecule has 7 rings (SSSR count). The predicted octanol–water partition coefficient (Wildman–Crippen LogP) is 4.51. The van der Waals surface area contributed by atoms with Crippen LogP contribution in [0.5, 0.6) is 11.6 Å². The molecule has 1 aromatic carbocycles. The summed E-state index contributed by atoms with van der Waals surface area (Å²) >= 11 is 1.32. The lowest BCUT2D eigenvalue weighted by Gasteiger charge is -2.30. The number of benzene rings is 1. The topological polar surface area (TPSA) is 173 Å². The number of nitrogens with one attached hydrogen (secondary N) is 2. The van der Waals surface area contributed by atoms with E-state index in [1.807, 2.05) is 31.4 Å². The fourth-order valence-corrected chi connectivity index (χ4v) is 9.10. The van der Waals surface area contributed by atoms with Crippen molar-refractivity contribution in [2.45, 2.75) is 94.1 Å². The molecule has 284 valence electrons. The van der Waals surface area contributed by atoms with Gasteiger partial charge in [0.2, 0.25) is 21.8 Å². The number of urea groups is 1. The summed E-state index contributed by atoms with van der Waals surface area (Å²) in [6.07, 6.45) is 6.41. The summed E-state index contributed by atoms with van der Waals surface area (Å²) in [7, 11) is -0.933. The number of rotatable bonds is 8. The molecule has 0 spiro atoms. The molecule has 0 unspecified atom stereocenters. The molecule has 4 amide bonds. The van der Waals surface area contributed by atoms with Crippen LogP contribution < -0.4 is 19.5 Å². The number of ether oxygens (including phenoxy) is 2. The Morgan fingerprint density at radius 2 is 1.94 bits per heavy atom. The summed E-state index contributed by atoms with van der Waals surface area (Å²) < 4.78 is 54.7. The van der Waals surface area contributed by atoms with Crippen molar-refractivity contribution in [3.8, 4) is 22.5 Å². The highest BCUT2D eigenvalue weighted by molar-refractivity contribution is 7.91. The summed E-state index contributed by atoms with van der Waals surface area (Å²) in [6, 6.07) is 1.38. The third kappa shape index (κ3) is 6.93. The number of amides is 4. The Bertz CT molecular complexity index is 2100. The Kier molecular flexibility index (Phi) is 9.62. The van der Waals surface area contributed by atoms with Crippen LogP contribution in [0.4, 0.5) is 9.18 Å². The zero-order valence-corrected chi connectivity index (χ0v) is 32.0. The Hall–Kier alpha value is -4.38. The number of allylic oxidation sites excluding steroid dienone is 1. The van der Waals surface area contributed by atoms with Gasteiger partial charge in [0, 0.05) is 31.3 Å². The number of carbonyl (C=O) groups is 3. The van der Waals surface area contributed by atoms with Crippen molar-refractivity contribution in [3.63, 3.8) is 0 Å². The Balaban J connectivity index is 1.21. The number of methoxy groups -OCH3 is 1. The van der Waals surface area contributed by atoms with Gasteiger partial charge in [-0.05, 0) is 63.5 Å². The van der Waals surface area contributed by atoms with E-state index in [4.69, 9.17) is 9.47 Å². The molecule has 2 aromatic heterocycles. The number of nitrogens with zero attached hydrogens (tertiary/aromatic N) is 5. The first-order valence-electron chi connectivity index (χ1n) is 17.9. The molecule has 3 aromatic rings. The van der Waals surface area contributed by atoms with E-state index >= 15 is 4.39 Å². The van der Waals surface area contributed by atoms with E-state index in [-0.39, 0.29) is 59.6 Å². The van der Waals surface area contributed by atoms with Gasteiger partial charge in [0.25, 0.3) is 5.91 Å². The summed E-state index contributed by atoms with van der Waals surface area (Å²) in [4.78, 5) is 58.6. The standard InChI is InChI=1S/C36H44FN7O7S2/c1-20(2)24-19-52-31(38-24)29-39-28-23(11-12-26(50-5)27(28)37)30(40-29)51-22-16-25-32(45)43(4)15-9-7-6-8-10-21-17-36(21,41-34(47)44(25)18-22)33(46)42-53(48,49)35(3)13-14-35/h8,10-12,19-22,25H,6-7,9,13-18H2,1-5H3,(H,41,47)(H,42,46)/b10-8-/t21-,22+,25+,36-/m1/s1. The second-order valence-electron chi connectivity index (χ2n) is 15.0. The van der Waals surface area contributed by atoms with E-state index in [9.17, 15) is 22.8 Å². The summed E-state index contributed by atoms with van der Waals surface area (Å²) in [6.45, 7) is 6.01. The zero-order chi connectivity index (χ0) is 37.9. The molecule has 4 heterocycles. The van der Waals surface area contributed by atoms with Crippen LogP contribution in [0.15, 0.2) is 29.7 Å². The lowest BCUT2D eigenvalue weighted by Crippen LogP contribution is -2.58. The molecule has 2 N–H and O–H groups in total. The van der Waals surface area contributed by atoms with Crippen LogP contribution in [0, 0.1) is 11.7 Å². The normalized spacial score (nSPS) is 26.4. The third-order valence-electron chi connectivity index (χ3n) is 10.8. The molecule has 2 aliphatic heterocycles. The molecule has 3 fully saturated rings. The number of thiazole rings is 1. The van der Waals surface area contributed by atoms with Crippen LogP contribution in [0.25, 0.3) is 21.7 Å². The van der Waals surface area contributed by atoms with Crippen molar-refractivity contribution in [3.05, 3.63) is 41.2 Å². The van der Waals surface area contributed by atoms with E-state index in [0.29, 0.717) is 30.8 Å². The molecule has 0 radical (unpaired) electrons. The van der Waals surface area contributed by atoms with Crippen molar-refractivity contribution in [1.29, 1.82) is 0 Å². The minimum Gasteiger partial charge on any atom is -0.494 e. The molecule has 17 heteroatoms. The lowest BCUT2D eigenvalue weighted by molar-refractivity contribution is -0.134. The Morgan fingerprint density at radius 3 is 2.64 bits per heavy atom. The van der Waals surface area contributed by atoms with Gasteiger partial charge in [-0.25, -0.2) is 27.6 Å². The maximum Gasteiger partial charge on any atom is 0.319 e. The average Bonchev–Trinajstić information content (AvgIpc) is 3.89. The van der Waals surface area contributed by atoms with Gasteiger partial charge < -0.3 is 24.6 Å². The Labute approximate surface area is 311 Å². The molecule has 4 atom stereocenters. The lowest BCUT2D eigenvalue weighted by atomic mass is 10.1. The van der Waals surface area contributed by atoms with Gasteiger partial charge >= 0.3 is 6.03 Å². The molecule has 2 aliphatic carbocycles. The third-order valence-corrected chi connectivity index (χ3v) is 13.8.